The summed E-state index contributed by atoms with van der Waals surface area (Å²) < 4.78 is 9.68. The maximum absolute atomic E-state index is 6.93. The first-order valence-corrected chi connectivity index (χ1v) is 7.14. The van der Waals surface area contributed by atoms with Crippen LogP contribution in [0.2, 0.25) is 0 Å². The van der Waals surface area contributed by atoms with Crippen molar-refractivity contribution in [2.24, 2.45) is 0 Å². The van der Waals surface area contributed by atoms with Crippen LogP contribution in [0.1, 0.15) is 27.2 Å². The molecule has 2 fully saturated rings. The molecule has 0 amide bonds. The Morgan fingerprint density at radius 3 is 2.12 bits per heavy atom. The van der Waals surface area contributed by atoms with Crippen LogP contribution in [0.5, 0.6) is 0 Å². The van der Waals surface area contributed by atoms with Crippen molar-refractivity contribution in [2.45, 2.75) is 33.3 Å². The number of nitrogens with one attached hydrogen (secondary N) is 2. The summed E-state index contributed by atoms with van der Waals surface area (Å²) in [7, 11) is 0. The third-order valence-electron chi connectivity index (χ3n) is 1.41. The molecule has 2 rings (SSSR count). The third kappa shape index (κ3) is 11.1. The number of ether oxygens (including phenoxy) is 2. The quantitative estimate of drug-likeness (QED) is 0.510. The minimum atomic E-state index is 0. The van der Waals surface area contributed by atoms with Crippen LogP contribution in [0.25, 0.3) is 0 Å². The van der Waals surface area contributed by atoms with E-state index in [4.69, 9.17) is 20.3 Å². The van der Waals surface area contributed by atoms with Gasteiger partial charge in [-0.2, -0.15) is 0 Å². The van der Waals surface area contributed by atoms with E-state index in [2.05, 4.69) is 0 Å². The second-order valence-electron chi connectivity index (χ2n) is 2.70. The van der Waals surface area contributed by atoms with Gasteiger partial charge in [-0.1, -0.05) is 32.5 Å². The smallest absolute Gasteiger partial charge is 0.242 e. The van der Waals surface area contributed by atoms with Crippen LogP contribution >= 0.6 is 23.5 Å². The molecule has 0 bridgehead atoms. The molecule has 2 N–H and O–H groups in total. The molecule has 1 radical (unpaired) electrons. The van der Waals surface area contributed by atoms with Crippen molar-refractivity contribution in [3.05, 3.63) is 5.75 Å². The maximum atomic E-state index is 6.93. The maximum Gasteiger partial charge on any atom is 0.242 e. The minimum Gasteiger partial charge on any atom is -0.504 e. The van der Waals surface area contributed by atoms with Crippen molar-refractivity contribution in [2.75, 3.05) is 12.4 Å². The van der Waals surface area contributed by atoms with E-state index >= 15 is 0 Å². The average molecular weight is 366 g/mol. The zero-order chi connectivity index (χ0) is 12.4. The first-order chi connectivity index (χ1) is 7.68. The van der Waals surface area contributed by atoms with E-state index in [9.17, 15) is 0 Å². The van der Waals surface area contributed by atoms with Gasteiger partial charge >= 0.3 is 0 Å². The molecule has 1 atom stereocenters. The summed E-state index contributed by atoms with van der Waals surface area (Å²) >= 11 is 2.82. The predicted molar refractivity (Wildman–Crippen MR) is 72.3 cm³/mol. The fourth-order valence-electron chi connectivity index (χ4n) is 0.812. The van der Waals surface area contributed by atoms with Gasteiger partial charge in [0.2, 0.25) is 10.5 Å². The van der Waals surface area contributed by atoms with Gasteiger partial charge in [-0.05, 0) is 12.5 Å². The van der Waals surface area contributed by atoms with Crippen LogP contribution in [0.3, 0.4) is 0 Å². The van der Waals surface area contributed by atoms with E-state index in [1.807, 2.05) is 26.5 Å². The number of hydrogen-bond donors (Lipinski definition) is 2. The van der Waals surface area contributed by atoms with Crippen LogP contribution < -0.4 is 0 Å². The molecule has 0 saturated carbocycles. The van der Waals surface area contributed by atoms with Gasteiger partial charge in [-0.3, -0.25) is 22.6 Å². The van der Waals surface area contributed by atoms with Crippen molar-refractivity contribution in [3.63, 3.8) is 0 Å². The molecule has 0 aromatic rings. The Morgan fingerprint density at radius 1 is 1.29 bits per heavy atom. The Kier molecular flexibility index (Phi) is 14.7. The Labute approximate surface area is 125 Å². The predicted octanol–water partition coefficient (Wildman–Crippen LogP) is 3.33. The summed E-state index contributed by atoms with van der Waals surface area (Å²) in [6, 6.07) is 0. The van der Waals surface area contributed by atoms with Gasteiger partial charge in [0.1, 0.15) is 0 Å². The van der Waals surface area contributed by atoms with Crippen LogP contribution in [-0.2, 0) is 29.0 Å². The molecule has 0 aliphatic carbocycles. The van der Waals surface area contributed by atoms with Gasteiger partial charge in [0.15, 0.2) is 0 Å². The SMILES string of the molecule is CC.CC1[CH-]SC(=N)O1.N=C1OCCCS1.[Rh]. The fourth-order valence-corrected chi connectivity index (χ4v) is 2.00. The van der Waals surface area contributed by atoms with E-state index in [0.29, 0.717) is 10.5 Å². The van der Waals surface area contributed by atoms with E-state index in [-0.39, 0.29) is 25.6 Å². The molecule has 1 unspecified atom stereocenters. The van der Waals surface area contributed by atoms with Crippen molar-refractivity contribution in [3.8, 4) is 0 Å². The van der Waals surface area contributed by atoms with E-state index < -0.39 is 0 Å². The molecule has 4 nitrogen and oxygen atoms in total. The molecule has 2 aliphatic heterocycles. The van der Waals surface area contributed by atoms with Crippen LogP contribution in [0, 0.1) is 16.6 Å². The van der Waals surface area contributed by atoms with Crippen molar-refractivity contribution in [1.82, 2.24) is 0 Å². The summed E-state index contributed by atoms with van der Waals surface area (Å²) in [6.45, 7) is 6.65. The summed E-state index contributed by atoms with van der Waals surface area (Å²) in [5.74, 6) is 2.95. The Morgan fingerprint density at radius 2 is 1.94 bits per heavy atom. The zero-order valence-electron chi connectivity index (χ0n) is 10.2. The monoisotopic (exact) mass is 366 g/mol. The van der Waals surface area contributed by atoms with Crippen molar-refractivity contribution < 1.29 is 29.0 Å². The summed E-state index contributed by atoms with van der Waals surface area (Å²) in [4.78, 5) is 0. The Hall–Kier alpha value is 0.263. The standard InChI is InChI=1S/C4H6NOS.C4H7NOS.C2H6.Rh/c1-3-2-7-4(5)6-3;5-4-6-2-1-3-7-4;1-2;/h2-3,5H,1H3;5H,1-3H2;1-2H3;/q-1;;;. The molecule has 103 valence electrons. The van der Waals surface area contributed by atoms with Gasteiger partial charge in [0.05, 0.1) is 6.61 Å². The zero-order valence-corrected chi connectivity index (χ0v) is 13.5. The molecule has 2 saturated heterocycles. The van der Waals surface area contributed by atoms with Crippen molar-refractivity contribution in [1.29, 1.82) is 10.8 Å². The van der Waals surface area contributed by atoms with E-state index in [1.54, 1.807) is 0 Å². The van der Waals surface area contributed by atoms with Crippen LogP contribution in [0.4, 0.5) is 0 Å². The molecular weight excluding hydrogens is 347 g/mol. The summed E-state index contributed by atoms with van der Waals surface area (Å²) in [5, 5.41) is 14.5. The van der Waals surface area contributed by atoms with E-state index in [1.165, 1.54) is 23.5 Å². The molecule has 0 aromatic carbocycles. The Balaban J connectivity index is 0. The third-order valence-corrected chi connectivity index (χ3v) is 3.12. The minimum absolute atomic E-state index is 0. The van der Waals surface area contributed by atoms with E-state index in [0.717, 1.165) is 18.8 Å². The molecule has 0 aromatic heterocycles. The van der Waals surface area contributed by atoms with Crippen LogP contribution in [0.15, 0.2) is 0 Å². The number of rotatable bonds is 0. The van der Waals surface area contributed by atoms with Gasteiger partial charge in [-0.15, -0.1) is 0 Å². The van der Waals surface area contributed by atoms with Crippen LogP contribution in [-0.4, -0.2) is 28.9 Å². The van der Waals surface area contributed by atoms with Gasteiger partial charge < -0.3 is 9.47 Å². The molecule has 7 heteroatoms. The average Bonchev–Trinajstić information content (AvgIpc) is 2.67. The second kappa shape index (κ2) is 12.7. The number of thioether (sulfide) groups is 2. The number of hydrogen-bond acceptors (Lipinski definition) is 6. The van der Waals surface area contributed by atoms with Gasteiger partial charge in [-0.25, -0.2) is 5.75 Å². The van der Waals surface area contributed by atoms with Gasteiger partial charge in [0.25, 0.3) is 0 Å². The molecule has 0 spiro atoms. The molecule has 2 heterocycles. The molecule has 2 aliphatic rings. The summed E-state index contributed by atoms with van der Waals surface area (Å²) in [5.41, 5.74) is 0. The normalized spacial score (nSPS) is 21.7. The first kappa shape index (κ1) is 19.6. The molecular formula is C10H19N2O2RhS2-. The van der Waals surface area contributed by atoms with Gasteiger partial charge in [0, 0.05) is 25.2 Å². The first-order valence-electron chi connectivity index (χ1n) is 5.28. The fraction of sp³-hybridized carbons (Fsp3) is 0.700. The van der Waals surface area contributed by atoms with Crippen molar-refractivity contribution >= 4 is 34.0 Å². The second-order valence-corrected chi connectivity index (χ2v) is 4.65. The Bertz CT molecular complexity index is 215. The largest absolute Gasteiger partial charge is 0.504 e. The summed E-state index contributed by atoms with van der Waals surface area (Å²) in [6.07, 6.45) is 1.23. The molecule has 17 heavy (non-hydrogen) atoms. The topological polar surface area (TPSA) is 66.2 Å².